The molecule has 0 aromatic carbocycles. The second kappa shape index (κ2) is 10.1. The monoisotopic (exact) mass is 425 g/mol. The summed E-state index contributed by atoms with van der Waals surface area (Å²) in [5.74, 6) is 6.34. The van der Waals surface area contributed by atoms with Crippen LogP contribution in [0.15, 0.2) is 12.3 Å². The Morgan fingerprint density at radius 1 is 1.17 bits per heavy atom. The average Bonchev–Trinajstić information content (AvgIpc) is 2.74. The van der Waals surface area contributed by atoms with Crippen LogP contribution in [-0.4, -0.2) is 84.2 Å². The first-order valence-electron chi connectivity index (χ1n) is 10.0. The fraction of sp³-hybridized carbons (Fsp3) is 0.650. The van der Waals surface area contributed by atoms with Gasteiger partial charge in [-0.15, -0.1) is 0 Å². The number of rotatable bonds is 4. The molecule has 2 aliphatic heterocycles. The number of carbonyl (C=O) groups excluding carboxylic acids is 1. The van der Waals surface area contributed by atoms with Crippen molar-refractivity contribution >= 4 is 11.9 Å². The summed E-state index contributed by atoms with van der Waals surface area (Å²) in [4.78, 5) is 24.7. The van der Waals surface area contributed by atoms with Gasteiger partial charge in [0.2, 0.25) is 11.9 Å². The van der Waals surface area contributed by atoms with Crippen molar-refractivity contribution in [1.29, 1.82) is 0 Å². The molecular formula is C20H26F3N5O2. The summed E-state index contributed by atoms with van der Waals surface area (Å²) in [6, 6.07) is 0.876. The SMILES string of the molecule is CC(=O)N1CCN(CC#CCOC2CCN(c3nccc(C(F)(F)F)n3)CC2)CC1. The smallest absolute Gasteiger partial charge is 0.365 e. The van der Waals surface area contributed by atoms with Crippen LogP contribution in [0.1, 0.15) is 25.5 Å². The lowest BCUT2D eigenvalue weighted by Crippen LogP contribution is -2.47. The zero-order chi connectivity index (χ0) is 21.6. The highest BCUT2D eigenvalue weighted by atomic mass is 19.4. The Morgan fingerprint density at radius 2 is 1.87 bits per heavy atom. The molecule has 0 N–H and O–H groups in total. The maximum Gasteiger partial charge on any atom is 0.433 e. The maximum absolute atomic E-state index is 12.8. The highest BCUT2D eigenvalue weighted by Gasteiger charge is 2.33. The van der Waals surface area contributed by atoms with Crippen molar-refractivity contribution < 1.29 is 22.7 Å². The summed E-state index contributed by atoms with van der Waals surface area (Å²) in [7, 11) is 0. The van der Waals surface area contributed by atoms with Crippen LogP contribution < -0.4 is 4.90 Å². The van der Waals surface area contributed by atoms with Gasteiger partial charge in [-0.2, -0.15) is 13.2 Å². The third-order valence-corrected chi connectivity index (χ3v) is 5.29. The van der Waals surface area contributed by atoms with Gasteiger partial charge in [0.05, 0.1) is 12.6 Å². The van der Waals surface area contributed by atoms with Gasteiger partial charge < -0.3 is 14.5 Å². The molecule has 30 heavy (non-hydrogen) atoms. The molecule has 1 aromatic rings. The van der Waals surface area contributed by atoms with Gasteiger partial charge in [-0.3, -0.25) is 9.69 Å². The Labute approximate surface area is 174 Å². The molecule has 7 nitrogen and oxygen atoms in total. The Bertz CT molecular complexity index is 777. The van der Waals surface area contributed by atoms with E-state index < -0.39 is 11.9 Å². The standard InChI is InChI=1S/C20H26F3N5O2/c1-16(29)27-13-11-26(12-14-27)8-2-3-15-30-17-5-9-28(10-6-17)19-24-7-4-18(25-19)20(21,22)23/h4,7,17H,5-6,8-15H2,1H3. The van der Waals surface area contributed by atoms with Crippen LogP contribution in [0.3, 0.4) is 0 Å². The predicted molar refractivity (Wildman–Crippen MR) is 105 cm³/mol. The molecule has 3 rings (SSSR count). The van der Waals surface area contributed by atoms with Crippen molar-refractivity contribution in [2.75, 3.05) is 57.3 Å². The first kappa shape index (κ1) is 22.3. The average molecular weight is 425 g/mol. The number of amides is 1. The third-order valence-electron chi connectivity index (χ3n) is 5.29. The van der Waals surface area contributed by atoms with Crippen LogP contribution in [0.25, 0.3) is 0 Å². The number of aromatic nitrogens is 2. The molecule has 0 saturated carbocycles. The third kappa shape index (κ3) is 6.31. The van der Waals surface area contributed by atoms with Crippen molar-refractivity contribution in [3.8, 4) is 11.8 Å². The van der Waals surface area contributed by atoms with Gasteiger partial charge in [-0.05, 0) is 18.9 Å². The van der Waals surface area contributed by atoms with E-state index in [9.17, 15) is 18.0 Å². The Balaban J connectivity index is 1.35. The molecule has 0 spiro atoms. The molecule has 1 aromatic heterocycles. The van der Waals surface area contributed by atoms with E-state index in [2.05, 4.69) is 26.7 Å². The van der Waals surface area contributed by atoms with Gasteiger partial charge in [0.15, 0.2) is 0 Å². The topological polar surface area (TPSA) is 61.8 Å². The molecule has 2 fully saturated rings. The van der Waals surface area contributed by atoms with Crippen LogP contribution in [0, 0.1) is 11.8 Å². The molecule has 164 valence electrons. The van der Waals surface area contributed by atoms with Gasteiger partial charge in [0, 0.05) is 52.4 Å². The summed E-state index contributed by atoms with van der Waals surface area (Å²) in [6.07, 6.45) is -1.93. The van der Waals surface area contributed by atoms with Gasteiger partial charge in [0.25, 0.3) is 0 Å². The lowest BCUT2D eigenvalue weighted by Gasteiger charge is -2.33. The highest BCUT2D eigenvalue weighted by molar-refractivity contribution is 5.73. The Morgan fingerprint density at radius 3 is 2.50 bits per heavy atom. The number of hydrogen-bond donors (Lipinski definition) is 0. The quantitative estimate of drug-likeness (QED) is 0.684. The molecule has 0 bridgehead atoms. The minimum absolute atomic E-state index is 0.0282. The number of ether oxygens (including phenoxy) is 1. The lowest BCUT2D eigenvalue weighted by molar-refractivity contribution is -0.141. The zero-order valence-electron chi connectivity index (χ0n) is 17.0. The molecular weight excluding hydrogens is 399 g/mol. The van der Waals surface area contributed by atoms with E-state index in [-0.39, 0.29) is 18.0 Å². The number of halogens is 3. The van der Waals surface area contributed by atoms with Crippen LogP contribution in [0.4, 0.5) is 19.1 Å². The lowest BCUT2D eigenvalue weighted by atomic mass is 10.1. The Hall–Kier alpha value is -2.38. The predicted octanol–water partition coefficient (Wildman–Crippen LogP) is 1.65. The van der Waals surface area contributed by atoms with Crippen molar-refractivity contribution in [2.24, 2.45) is 0 Å². The number of anilines is 1. The zero-order valence-corrected chi connectivity index (χ0v) is 17.0. The van der Waals surface area contributed by atoms with Crippen LogP contribution in [0.2, 0.25) is 0 Å². The minimum Gasteiger partial charge on any atom is -0.365 e. The molecule has 1 amide bonds. The van der Waals surface area contributed by atoms with Crippen molar-refractivity contribution in [3.63, 3.8) is 0 Å². The van der Waals surface area contributed by atoms with E-state index in [1.165, 1.54) is 0 Å². The number of alkyl halides is 3. The number of hydrogen-bond acceptors (Lipinski definition) is 6. The van der Waals surface area contributed by atoms with Crippen LogP contribution >= 0.6 is 0 Å². The number of carbonyl (C=O) groups is 1. The number of piperazine rings is 1. The summed E-state index contributed by atoms with van der Waals surface area (Å²) in [5.41, 5.74) is -0.927. The van der Waals surface area contributed by atoms with Gasteiger partial charge in [-0.1, -0.05) is 11.8 Å². The normalized spacial score (nSPS) is 18.8. The van der Waals surface area contributed by atoms with Crippen molar-refractivity contribution in [1.82, 2.24) is 19.8 Å². The van der Waals surface area contributed by atoms with E-state index in [0.29, 0.717) is 39.1 Å². The number of piperidine rings is 1. The summed E-state index contributed by atoms with van der Waals surface area (Å²) in [6.45, 7) is 6.78. The highest BCUT2D eigenvalue weighted by Crippen LogP contribution is 2.28. The fourth-order valence-electron chi connectivity index (χ4n) is 3.48. The van der Waals surface area contributed by atoms with Crippen LogP contribution in [-0.2, 0) is 15.7 Å². The fourth-order valence-corrected chi connectivity index (χ4v) is 3.48. The van der Waals surface area contributed by atoms with Gasteiger partial charge >= 0.3 is 6.18 Å². The van der Waals surface area contributed by atoms with Crippen molar-refractivity contribution in [3.05, 3.63) is 18.0 Å². The van der Waals surface area contributed by atoms with Crippen molar-refractivity contribution in [2.45, 2.75) is 32.0 Å². The molecule has 3 heterocycles. The van der Waals surface area contributed by atoms with E-state index in [1.807, 2.05) is 4.90 Å². The minimum atomic E-state index is -4.47. The number of nitrogens with zero attached hydrogens (tertiary/aromatic N) is 5. The first-order chi connectivity index (χ1) is 14.3. The molecule has 10 heteroatoms. The van der Waals surface area contributed by atoms with E-state index in [1.54, 1.807) is 11.8 Å². The maximum atomic E-state index is 12.8. The molecule has 0 atom stereocenters. The molecule has 0 radical (unpaired) electrons. The Kier molecular flexibility index (Phi) is 7.50. The molecule has 0 aliphatic carbocycles. The summed E-state index contributed by atoms with van der Waals surface area (Å²) in [5, 5.41) is 0. The second-order valence-corrected chi connectivity index (χ2v) is 7.37. The summed E-state index contributed by atoms with van der Waals surface area (Å²) >= 11 is 0. The van der Waals surface area contributed by atoms with E-state index in [0.717, 1.165) is 38.4 Å². The molecule has 2 saturated heterocycles. The molecule has 0 unspecified atom stereocenters. The van der Waals surface area contributed by atoms with E-state index in [4.69, 9.17) is 4.74 Å². The summed E-state index contributed by atoms with van der Waals surface area (Å²) < 4.78 is 44.2. The second-order valence-electron chi connectivity index (χ2n) is 7.37. The van der Waals surface area contributed by atoms with Gasteiger partial charge in [0.1, 0.15) is 12.3 Å². The van der Waals surface area contributed by atoms with E-state index >= 15 is 0 Å². The first-order valence-corrected chi connectivity index (χ1v) is 10.0. The molecule has 2 aliphatic rings. The van der Waals surface area contributed by atoms with Gasteiger partial charge in [-0.25, -0.2) is 9.97 Å². The van der Waals surface area contributed by atoms with Crippen LogP contribution in [0.5, 0.6) is 0 Å². The largest absolute Gasteiger partial charge is 0.433 e.